The summed E-state index contributed by atoms with van der Waals surface area (Å²) in [4.78, 5) is 32.8. The highest BCUT2D eigenvalue weighted by Crippen LogP contribution is 1.95. The first-order valence-corrected chi connectivity index (χ1v) is 5.75. The largest absolute Gasteiger partial charge is 0.481 e. The zero-order chi connectivity index (χ0) is 14.3. The van der Waals surface area contributed by atoms with E-state index in [0.29, 0.717) is 5.69 Å². The van der Waals surface area contributed by atoms with Crippen LogP contribution in [0.2, 0.25) is 0 Å². The molecular formula is C11H16N4O4. The quantitative estimate of drug-likeness (QED) is 0.672. The van der Waals surface area contributed by atoms with Crippen molar-refractivity contribution in [2.75, 3.05) is 0 Å². The van der Waals surface area contributed by atoms with Gasteiger partial charge in [-0.05, 0) is 12.5 Å². The Balaban J connectivity index is 2.19. The topological polar surface area (TPSA) is 113 Å². The highest BCUT2D eigenvalue weighted by atomic mass is 16.4. The fraction of sp³-hybridized carbons (Fsp3) is 0.455. The van der Waals surface area contributed by atoms with Gasteiger partial charge in [0.2, 0.25) is 5.91 Å². The lowest BCUT2D eigenvalue weighted by Crippen LogP contribution is -2.39. The van der Waals surface area contributed by atoms with Gasteiger partial charge < -0.3 is 10.4 Å². The van der Waals surface area contributed by atoms with Crippen molar-refractivity contribution >= 4 is 17.9 Å². The van der Waals surface area contributed by atoms with Crippen molar-refractivity contribution in [1.29, 1.82) is 0 Å². The average molecular weight is 268 g/mol. The summed E-state index contributed by atoms with van der Waals surface area (Å²) in [5.74, 6) is -1.47. The Bertz CT molecular complexity index is 469. The van der Waals surface area contributed by atoms with E-state index in [9.17, 15) is 14.4 Å². The van der Waals surface area contributed by atoms with Gasteiger partial charge in [-0.15, -0.1) is 0 Å². The van der Waals surface area contributed by atoms with Crippen LogP contribution in [0.25, 0.3) is 0 Å². The zero-order valence-electron chi connectivity index (χ0n) is 10.5. The summed E-state index contributed by atoms with van der Waals surface area (Å²) >= 11 is 0. The maximum Gasteiger partial charge on any atom is 0.321 e. The van der Waals surface area contributed by atoms with Gasteiger partial charge in [-0.25, -0.2) is 4.79 Å². The first kappa shape index (κ1) is 14.7. The minimum Gasteiger partial charge on any atom is -0.481 e. The second-order valence-corrected chi connectivity index (χ2v) is 3.96. The van der Waals surface area contributed by atoms with Gasteiger partial charge in [0.25, 0.3) is 0 Å². The van der Waals surface area contributed by atoms with Crippen molar-refractivity contribution in [3.05, 3.63) is 18.0 Å². The number of hydrogen-bond donors (Lipinski definition) is 3. The lowest BCUT2D eigenvalue weighted by Gasteiger charge is -2.04. The lowest BCUT2D eigenvalue weighted by molar-refractivity contribution is -0.137. The van der Waals surface area contributed by atoms with Crippen LogP contribution in [0.4, 0.5) is 4.79 Å². The number of nitrogens with one attached hydrogen (secondary N) is 2. The van der Waals surface area contributed by atoms with E-state index >= 15 is 0 Å². The molecule has 19 heavy (non-hydrogen) atoms. The van der Waals surface area contributed by atoms with E-state index in [4.69, 9.17) is 5.11 Å². The van der Waals surface area contributed by atoms with E-state index in [1.807, 2.05) is 0 Å². The number of carbonyl (C=O) groups excluding carboxylic acids is 2. The monoisotopic (exact) mass is 268 g/mol. The molecule has 0 bridgehead atoms. The van der Waals surface area contributed by atoms with E-state index in [-0.39, 0.29) is 25.8 Å². The van der Waals surface area contributed by atoms with E-state index < -0.39 is 17.9 Å². The molecular weight excluding hydrogens is 252 g/mol. The highest BCUT2D eigenvalue weighted by Gasteiger charge is 2.08. The molecule has 0 aliphatic rings. The second-order valence-electron chi connectivity index (χ2n) is 3.96. The van der Waals surface area contributed by atoms with Crippen LogP contribution in [0.3, 0.4) is 0 Å². The van der Waals surface area contributed by atoms with E-state index in [1.54, 1.807) is 24.0 Å². The summed E-state index contributed by atoms with van der Waals surface area (Å²) in [6.45, 7) is 0.217. The number of imide groups is 1. The van der Waals surface area contributed by atoms with Crippen molar-refractivity contribution in [1.82, 2.24) is 20.4 Å². The third-order valence-electron chi connectivity index (χ3n) is 2.25. The SMILES string of the molecule is Cn1ccc(CNC(=O)NC(=O)CCCC(=O)O)n1. The number of hydrogen-bond acceptors (Lipinski definition) is 4. The number of urea groups is 1. The average Bonchev–Trinajstić information content (AvgIpc) is 2.72. The van der Waals surface area contributed by atoms with Crippen LogP contribution < -0.4 is 10.6 Å². The molecule has 1 aromatic rings. The molecule has 0 saturated heterocycles. The molecule has 0 aliphatic carbocycles. The van der Waals surface area contributed by atoms with Gasteiger partial charge in [-0.3, -0.25) is 19.6 Å². The van der Waals surface area contributed by atoms with Gasteiger partial charge in [-0.2, -0.15) is 5.10 Å². The summed E-state index contributed by atoms with van der Waals surface area (Å²) < 4.78 is 1.60. The standard InChI is InChI=1S/C11H16N4O4/c1-15-6-5-8(14-15)7-12-11(19)13-9(16)3-2-4-10(17)18/h5-6H,2-4,7H2,1H3,(H,17,18)(H2,12,13,16,19). The number of aliphatic carboxylic acids is 1. The number of aromatic nitrogens is 2. The number of carboxylic acids is 1. The molecule has 0 unspecified atom stereocenters. The normalized spacial score (nSPS) is 9.95. The lowest BCUT2D eigenvalue weighted by atomic mass is 10.2. The van der Waals surface area contributed by atoms with Crippen LogP contribution in [0.5, 0.6) is 0 Å². The number of carbonyl (C=O) groups is 3. The van der Waals surface area contributed by atoms with Crippen molar-refractivity contribution < 1.29 is 19.5 Å². The predicted octanol–water partition coefficient (Wildman–Crippen LogP) is 0.000800. The van der Waals surface area contributed by atoms with Crippen LogP contribution in [-0.4, -0.2) is 32.8 Å². The van der Waals surface area contributed by atoms with E-state index in [1.165, 1.54) is 0 Å². The van der Waals surface area contributed by atoms with Crippen LogP contribution in [0.1, 0.15) is 25.0 Å². The molecule has 104 valence electrons. The Hall–Kier alpha value is -2.38. The highest BCUT2D eigenvalue weighted by molar-refractivity contribution is 5.94. The number of aryl methyl sites for hydroxylation is 1. The number of rotatable bonds is 6. The smallest absolute Gasteiger partial charge is 0.321 e. The molecule has 1 aromatic heterocycles. The van der Waals surface area contributed by atoms with Crippen molar-refractivity contribution in [3.63, 3.8) is 0 Å². The molecule has 8 nitrogen and oxygen atoms in total. The van der Waals surface area contributed by atoms with Crippen LogP contribution >= 0.6 is 0 Å². The molecule has 0 atom stereocenters. The van der Waals surface area contributed by atoms with Gasteiger partial charge in [0.1, 0.15) is 0 Å². The van der Waals surface area contributed by atoms with Crippen LogP contribution in [0, 0.1) is 0 Å². The van der Waals surface area contributed by atoms with Crippen molar-refractivity contribution in [2.24, 2.45) is 7.05 Å². The maximum absolute atomic E-state index is 11.3. The van der Waals surface area contributed by atoms with Crippen LogP contribution in [-0.2, 0) is 23.2 Å². The van der Waals surface area contributed by atoms with Crippen LogP contribution in [0.15, 0.2) is 12.3 Å². The summed E-state index contributed by atoms with van der Waals surface area (Å²) in [6, 6.07) is 1.13. The maximum atomic E-state index is 11.3. The Morgan fingerprint density at radius 3 is 2.68 bits per heavy atom. The Morgan fingerprint density at radius 1 is 1.37 bits per heavy atom. The van der Waals surface area contributed by atoms with E-state index in [0.717, 1.165) is 0 Å². The molecule has 3 N–H and O–H groups in total. The van der Waals surface area contributed by atoms with Gasteiger partial charge >= 0.3 is 12.0 Å². The Labute approximate surface area is 109 Å². The van der Waals surface area contributed by atoms with Gasteiger partial charge in [-0.1, -0.05) is 0 Å². The third kappa shape index (κ3) is 6.20. The van der Waals surface area contributed by atoms with Crippen molar-refractivity contribution in [2.45, 2.75) is 25.8 Å². The minimum absolute atomic E-state index is 0.00328. The van der Waals surface area contributed by atoms with E-state index in [2.05, 4.69) is 15.7 Å². The number of carboxylic acid groups (broad SMARTS) is 1. The Morgan fingerprint density at radius 2 is 2.11 bits per heavy atom. The van der Waals surface area contributed by atoms with Gasteiger partial charge in [0.15, 0.2) is 0 Å². The van der Waals surface area contributed by atoms with Gasteiger partial charge in [0.05, 0.1) is 12.2 Å². The second kappa shape index (κ2) is 7.14. The summed E-state index contributed by atoms with van der Waals surface area (Å²) in [6.07, 6.45) is 1.85. The first-order valence-electron chi connectivity index (χ1n) is 5.75. The fourth-order valence-corrected chi connectivity index (χ4v) is 1.36. The molecule has 1 rings (SSSR count). The molecule has 0 saturated carbocycles. The molecule has 3 amide bonds. The fourth-order valence-electron chi connectivity index (χ4n) is 1.36. The third-order valence-corrected chi connectivity index (χ3v) is 2.25. The molecule has 0 fully saturated rings. The molecule has 1 heterocycles. The molecule has 0 aliphatic heterocycles. The molecule has 0 spiro atoms. The summed E-state index contributed by atoms with van der Waals surface area (Å²) in [5.41, 5.74) is 0.677. The predicted molar refractivity (Wildman–Crippen MR) is 65.1 cm³/mol. The zero-order valence-corrected chi connectivity index (χ0v) is 10.5. The summed E-state index contributed by atoms with van der Waals surface area (Å²) in [5, 5.41) is 17.0. The molecule has 0 radical (unpaired) electrons. The van der Waals surface area contributed by atoms with Crippen molar-refractivity contribution in [3.8, 4) is 0 Å². The molecule has 0 aromatic carbocycles. The number of nitrogens with zero attached hydrogens (tertiary/aromatic N) is 2. The minimum atomic E-state index is -0.965. The number of amides is 3. The Kier molecular flexibility index (Phi) is 5.52. The molecule has 8 heteroatoms. The summed E-state index contributed by atoms with van der Waals surface area (Å²) in [7, 11) is 1.76. The van der Waals surface area contributed by atoms with Gasteiger partial charge in [0, 0.05) is 26.1 Å². The first-order chi connectivity index (χ1) is 8.97.